The van der Waals surface area contributed by atoms with Crippen LogP contribution in [-0.4, -0.2) is 49.8 Å². The van der Waals surface area contributed by atoms with E-state index in [9.17, 15) is 4.79 Å². The molecule has 0 aromatic carbocycles. The minimum Gasteiger partial charge on any atom is -0.370 e. The van der Waals surface area contributed by atoms with Crippen molar-refractivity contribution in [2.75, 3.05) is 19.7 Å². The first kappa shape index (κ1) is 14.6. The quantitative estimate of drug-likeness (QED) is 0.841. The Labute approximate surface area is 134 Å². The molecule has 1 N–H and O–H groups in total. The summed E-state index contributed by atoms with van der Waals surface area (Å²) in [5.41, 5.74) is 2.01. The van der Waals surface area contributed by atoms with Crippen LogP contribution in [0.3, 0.4) is 0 Å². The lowest BCUT2D eigenvalue weighted by Crippen LogP contribution is -2.46. The highest BCUT2D eigenvalue weighted by Gasteiger charge is 2.35. The first-order chi connectivity index (χ1) is 11.1. The van der Waals surface area contributed by atoms with Crippen LogP contribution < -0.4 is 5.56 Å². The monoisotopic (exact) mass is 315 g/mol. The van der Waals surface area contributed by atoms with E-state index in [0.29, 0.717) is 12.3 Å². The van der Waals surface area contributed by atoms with E-state index in [-0.39, 0.29) is 11.2 Å². The molecule has 2 aliphatic rings. The third-order valence-corrected chi connectivity index (χ3v) is 4.80. The minimum atomic E-state index is -0.120. The van der Waals surface area contributed by atoms with E-state index >= 15 is 0 Å². The fourth-order valence-electron chi connectivity index (χ4n) is 3.54. The zero-order chi connectivity index (χ0) is 15.9. The normalized spacial score (nSPS) is 21.7. The van der Waals surface area contributed by atoms with Crippen molar-refractivity contribution >= 4 is 5.78 Å². The third-order valence-electron chi connectivity index (χ3n) is 4.80. The smallest absolute Gasteiger partial charge is 0.274 e. The highest BCUT2D eigenvalue weighted by atomic mass is 16.5. The lowest BCUT2D eigenvalue weighted by molar-refractivity contribution is -0.0578. The minimum absolute atomic E-state index is 0.0715. The Kier molecular flexibility index (Phi) is 3.54. The lowest BCUT2D eigenvalue weighted by atomic mass is 9.87. The van der Waals surface area contributed by atoms with Crippen molar-refractivity contribution in [2.45, 2.75) is 38.3 Å². The van der Waals surface area contributed by atoms with Gasteiger partial charge in [0, 0.05) is 25.7 Å². The van der Waals surface area contributed by atoms with Crippen LogP contribution in [0.1, 0.15) is 31.9 Å². The summed E-state index contributed by atoms with van der Waals surface area (Å²) in [5.74, 6) is 0.426. The average Bonchev–Trinajstić information content (AvgIpc) is 2.99. The summed E-state index contributed by atoms with van der Waals surface area (Å²) < 4.78 is 7.40. The van der Waals surface area contributed by atoms with Crippen LogP contribution >= 0.6 is 0 Å². The summed E-state index contributed by atoms with van der Waals surface area (Å²) in [6.45, 7) is 5.59. The molecule has 2 aromatic rings. The van der Waals surface area contributed by atoms with Gasteiger partial charge in [-0.25, -0.2) is 9.97 Å². The maximum absolute atomic E-state index is 12.0. The summed E-state index contributed by atoms with van der Waals surface area (Å²) in [5, 5.41) is 2.76. The van der Waals surface area contributed by atoms with Crippen molar-refractivity contribution in [3.05, 3.63) is 40.1 Å². The Morgan fingerprint density at radius 3 is 3.00 bits per heavy atom. The molecule has 4 heterocycles. The second-order valence-electron chi connectivity index (χ2n) is 6.54. The molecule has 4 rings (SSSR count). The number of aromatic amines is 1. The van der Waals surface area contributed by atoms with Crippen molar-refractivity contribution in [3.63, 3.8) is 0 Å². The van der Waals surface area contributed by atoms with Gasteiger partial charge in [-0.1, -0.05) is 11.6 Å². The topological polar surface area (TPSA) is 75.5 Å². The Hall–Kier alpha value is -1.99. The van der Waals surface area contributed by atoms with Crippen molar-refractivity contribution < 1.29 is 4.74 Å². The number of rotatable bonds is 2. The summed E-state index contributed by atoms with van der Waals surface area (Å²) in [7, 11) is 0. The third kappa shape index (κ3) is 2.82. The number of H-pyrrole nitrogens is 1. The van der Waals surface area contributed by atoms with Gasteiger partial charge in [0.05, 0.1) is 17.9 Å². The molecule has 0 unspecified atom stereocenters. The zero-order valence-electron chi connectivity index (χ0n) is 13.3. The number of nitrogens with zero attached hydrogens (tertiary/aromatic N) is 4. The number of nitrogens with one attached hydrogen (secondary N) is 1. The molecule has 1 spiro atoms. The molecule has 1 fully saturated rings. The van der Waals surface area contributed by atoms with E-state index in [1.165, 1.54) is 16.4 Å². The Bertz CT molecular complexity index is 798. The molecule has 7 nitrogen and oxygen atoms in total. The molecule has 0 radical (unpaired) electrons. The van der Waals surface area contributed by atoms with Gasteiger partial charge in [0.2, 0.25) is 0 Å². The summed E-state index contributed by atoms with van der Waals surface area (Å²) in [4.78, 5) is 22.8. The van der Waals surface area contributed by atoms with Crippen LogP contribution in [-0.2, 0) is 11.3 Å². The van der Waals surface area contributed by atoms with Gasteiger partial charge in [-0.15, -0.1) is 0 Å². The van der Waals surface area contributed by atoms with Gasteiger partial charge >= 0.3 is 0 Å². The van der Waals surface area contributed by atoms with Gasteiger partial charge in [-0.05, 0) is 26.2 Å². The second kappa shape index (κ2) is 5.58. The van der Waals surface area contributed by atoms with Gasteiger partial charge in [0.25, 0.3) is 11.3 Å². The molecule has 0 amide bonds. The molecular weight excluding hydrogens is 294 g/mol. The van der Waals surface area contributed by atoms with Gasteiger partial charge in [-0.3, -0.25) is 14.8 Å². The van der Waals surface area contributed by atoms with Crippen LogP contribution in [0.4, 0.5) is 0 Å². The lowest BCUT2D eigenvalue weighted by Gasteiger charge is -2.42. The number of aromatic nitrogens is 4. The summed E-state index contributed by atoms with van der Waals surface area (Å²) >= 11 is 0. The number of piperidine rings is 1. The van der Waals surface area contributed by atoms with E-state index in [2.05, 4.69) is 33.0 Å². The highest BCUT2D eigenvalue weighted by Crippen LogP contribution is 2.33. The number of likely N-dealkylation sites (tertiary alicyclic amines) is 1. The van der Waals surface area contributed by atoms with Crippen LogP contribution in [0.15, 0.2) is 28.8 Å². The van der Waals surface area contributed by atoms with Crippen LogP contribution in [0, 0.1) is 0 Å². The van der Waals surface area contributed by atoms with Gasteiger partial charge in [0.1, 0.15) is 6.33 Å². The molecular formula is C16H21N5O2. The van der Waals surface area contributed by atoms with Crippen molar-refractivity contribution in [2.24, 2.45) is 0 Å². The Morgan fingerprint density at radius 1 is 1.39 bits per heavy atom. The predicted molar refractivity (Wildman–Crippen MR) is 85.2 cm³/mol. The number of hydrogen-bond acceptors (Lipinski definition) is 5. The SMILES string of the molecule is CC1=CC2(CCN(Cc3cc(=O)n4[nH]cnc4n3)CC2)OCC1. The van der Waals surface area contributed by atoms with Gasteiger partial charge in [-0.2, -0.15) is 4.52 Å². The van der Waals surface area contributed by atoms with Crippen LogP contribution in [0.25, 0.3) is 5.78 Å². The second-order valence-corrected chi connectivity index (χ2v) is 6.54. The van der Waals surface area contributed by atoms with Gasteiger partial charge < -0.3 is 4.74 Å². The van der Waals surface area contributed by atoms with Crippen molar-refractivity contribution in [1.29, 1.82) is 0 Å². The maximum Gasteiger partial charge on any atom is 0.274 e. The average molecular weight is 315 g/mol. The largest absolute Gasteiger partial charge is 0.370 e. The molecule has 7 heteroatoms. The van der Waals surface area contributed by atoms with E-state index in [1.54, 1.807) is 6.07 Å². The molecule has 2 aromatic heterocycles. The maximum atomic E-state index is 12.0. The molecule has 122 valence electrons. The van der Waals surface area contributed by atoms with E-state index in [1.807, 2.05) is 0 Å². The highest BCUT2D eigenvalue weighted by molar-refractivity contribution is 5.26. The molecule has 0 bridgehead atoms. The molecule has 0 saturated carbocycles. The van der Waals surface area contributed by atoms with Crippen molar-refractivity contribution in [1.82, 2.24) is 24.5 Å². The number of ether oxygens (including phenoxy) is 1. The fourth-order valence-corrected chi connectivity index (χ4v) is 3.54. The van der Waals surface area contributed by atoms with Gasteiger partial charge in [0.15, 0.2) is 0 Å². The van der Waals surface area contributed by atoms with Crippen LogP contribution in [0.2, 0.25) is 0 Å². The van der Waals surface area contributed by atoms with E-state index < -0.39 is 0 Å². The standard InChI is InChI=1S/C16H21N5O2/c1-12-2-7-23-16(9-12)3-5-20(6-4-16)10-13-8-14(22)21-15(19-13)17-11-18-21/h8-9,11H,2-7,10H2,1H3,(H,17,18,19). The zero-order valence-corrected chi connectivity index (χ0v) is 13.3. The number of fused-ring (bicyclic) bond motifs is 1. The van der Waals surface area contributed by atoms with Crippen LogP contribution in [0.5, 0.6) is 0 Å². The molecule has 0 aliphatic carbocycles. The summed E-state index contributed by atoms with van der Waals surface area (Å²) in [6, 6.07) is 1.58. The molecule has 23 heavy (non-hydrogen) atoms. The molecule has 0 atom stereocenters. The first-order valence-electron chi connectivity index (χ1n) is 8.10. The Balaban J connectivity index is 1.46. The Morgan fingerprint density at radius 2 is 2.22 bits per heavy atom. The first-order valence-corrected chi connectivity index (χ1v) is 8.10. The summed E-state index contributed by atoms with van der Waals surface area (Å²) in [6.07, 6.45) is 6.83. The molecule has 1 saturated heterocycles. The fraction of sp³-hybridized carbons (Fsp3) is 0.562. The van der Waals surface area contributed by atoms with E-state index in [0.717, 1.165) is 44.7 Å². The van der Waals surface area contributed by atoms with E-state index in [4.69, 9.17) is 4.74 Å². The molecule has 2 aliphatic heterocycles. The van der Waals surface area contributed by atoms with Crippen molar-refractivity contribution in [3.8, 4) is 0 Å². The predicted octanol–water partition coefficient (Wildman–Crippen LogP) is 1.12. The number of hydrogen-bond donors (Lipinski definition) is 1.